The number of hydrogen-bond acceptors (Lipinski definition) is 4. The van der Waals surface area contributed by atoms with E-state index >= 15 is 0 Å². The van der Waals surface area contributed by atoms with Crippen LogP contribution in [0.3, 0.4) is 0 Å². The molecule has 1 atom stereocenters. The van der Waals surface area contributed by atoms with E-state index in [4.69, 9.17) is 4.74 Å². The quantitative estimate of drug-likeness (QED) is 0.801. The first-order valence-corrected chi connectivity index (χ1v) is 6.41. The van der Waals surface area contributed by atoms with Crippen LogP contribution in [0.15, 0.2) is 16.8 Å². The number of hydrogen-bond donors (Lipinski definition) is 2. The van der Waals surface area contributed by atoms with Crippen molar-refractivity contribution in [3.05, 3.63) is 22.4 Å². The molecule has 1 aliphatic heterocycles. The standard InChI is InChI=1S/C11H16N2O2S/c14-11(10-7-12-4-5-15-10)13-3-1-9-2-6-16-8-9/h2,6,8,10,12H,1,3-5,7H2,(H,13,14). The fourth-order valence-electron chi connectivity index (χ4n) is 1.61. The van der Waals surface area contributed by atoms with E-state index in [0.717, 1.165) is 13.0 Å². The maximum atomic E-state index is 11.7. The third-order valence-corrected chi connectivity index (χ3v) is 3.25. The van der Waals surface area contributed by atoms with Crippen LogP contribution in [0, 0.1) is 0 Å². The average molecular weight is 240 g/mol. The van der Waals surface area contributed by atoms with Crippen LogP contribution in [-0.2, 0) is 16.0 Å². The molecule has 88 valence electrons. The van der Waals surface area contributed by atoms with Crippen molar-refractivity contribution in [2.75, 3.05) is 26.2 Å². The summed E-state index contributed by atoms with van der Waals surface area (Å²) in [4.78, 5) is 11.7. The Labute approximate surface area is 99.0 Å². The molecule has 2 N–H and O–H groups in total. The Morgan fingerprint density at radius 2 is 2.62 bits per heavy atom. The predicted octanol–water partition coefficient (Wildman–Crippen LogP) is 0.395. The van der Waals surface area contributed by atoms with Crippen LogP contribution in [0.4, 0.5) is 0 Å². The van der Waals surface area contributed by atoms with Gasteiger partial charge < -0.3 is 15.4 Å². The first-order valence-electron chi connectivity index (χ1n) is 5.47. The van der Waals surface area contributed by atoms with Gasteiger partial charge in [-0.1, -0.05) is 0 Å². The maximum absolute atomic E-state index is 11.7. The highest BCUT2D eigenvalue weighted by molar-refractivity contribution is 7.07. The third-order valence-electron chi connectivity index (χ3n) is 2.51. The molecule has 1 aliphatic rings. The second-order valence-corrected chi connectivity index (χ2v) is 4.52. The Hall–Kier alpha value is -0.910. The topological polar surface area (TPSA) is 50.4 Å². The predicted molar refractivity (Wildman–Crippen MR) is 63.6 cm³/mol. The van der Waals surface area contributed by atoms with E-state index in [-0.39, 0.29) is 12.0 Å². The van der Waals surface area contributed by atoms with Gasteiger partial charge in [0.1, 0.15) is 6.10 Å². The lowest BCUT2D eigenvalue weighted by atomic mass is 10.2. The van der Waals surface area contributed by atoms with Gasteiger partial charge in [-0.3, -0.25) is 4.79 Å². The van der Waals surface area contributed by atoms with Crippen molar-refractivity contribution < 1.29 is 9.53 Å². The van der Waals surface area contributed by atoms with Crippen LogP contribution in [0.5, 0.6) is 0 Å². The summed E-state index contributed by atoms with van der Waals surface area (Å²) in [6.45, 7) is 2.74. The van der Waals surface area contributed by atoms with Crippen molar-refractivity contribution in [1.82, 2.24) is 10.6 Å². The van der Waals surface area contributed by atoms with Gasteiger partial charge in [0.2, 0.25) is 5.91 Å². The molecular weight excluding hydrogens is 224 g/mol. The van der Waals surface area contributed by atoms with Gasteiger partial charge in [0.05, 0.1) is 6.61 Å². The van der Waals surface area contributed by atoms with Crippen LogP contribution in [0.1, 0.15) is 5.56 Å². The molecule has 0 bridgehead atoms. The summed E-state index contributed by atoms with van der Waals surface area (Å²) >= 11 is 1.68. The molecule has 0 saturated carbocycles. The van der Waals surface area contributed by atoms with E-state index in [9.17, 15) is 4.79 Å². The van der Waals surface area contributed by atoms with E-state index < -0.39 is 0 Å². The normalized spacial score (nSPS) is 20.6. The van der Waals surface area contributed by atoms with Gasteiger partial charge in [-0.05, 0) is 28.8 Å². The van der Waals surface area contributed by atoms with Crippen molar-refractivity contribution in [1.29, 1.82) is 0 Å². The first kappa shape index (κ1) is 11.6. The van der Waals surface area contributed by atoms with Crippen LogP contribution in [-0.4, -0.2) is 38.3 Å². The van der Waals surface area contributed by atoms with Gasteiger partial charge >= 0.3 is 0 Å². The maximum Gasteiger partial charge on any atom is 0.250 e. The largest absolute Gasteiger partial charge is 0.366 e. The van der Waals surface area contributed by atoms with Gasteiger partial charge in [0, 0.05) is 19.6 Å². The minimum atomic E-state index is -0.323. The molecular formula is C11H16N2O2S. The van der Waals surface area contributed by atoms with E-state index in [1.54, 1.807) is 11.3 Å². The van der Waals surface area contributed by atoms with Gasteiger partial charge in [0.25, 0.3) is 0 Å². The van der Waals surface area contributed by atoms with Crippen LogP contribution in [0.2, 0.25) is 0 Å². The molecule has 1 aromatic heterocycles. The van der Waals surface area contributed by atoms with Gasteiger partial charge in [0.15, 0.2) is 0 Å². The van der Waals surface area contributed by atoms with Crippen molar-refractivity contribution >= 4 is 17.2 Å². The SMILES string of the molecule is O=C(NCCc1ccsc1)C1CNCCO1. The molecule has 1 amide bonds. The summed E-state index contributed by atoms with van der Waals surface area (Å²) in [5.41, 5.74) is 1.27. The summed E-state index contributed by atoms with van der Waals surface area (Å²) in [5, 5.41) is 10.2. The minimum Gasteiger partial charge on any atom is -0.366 e. The van der Waals surface area contributed by atoms with Crippen LogP contribution < -0.4 is 10.6 Å². The minimum absolute atomic E-state index is 0.0116. The van der Waals surface area contributed by atoms with Gasteiger partial charge in [-0.25, -0.2) is 0 Å². The molecule has 4 nitrogen and oxygen atoms in total. The molecule has 1 unspecified atom stereocenters. The first-order chi connectivity index (χ1) is 7.86. The Bertz CT molecular complexity index is 321. The Morgan fingerprint density at radius 1 is 1.69 bits per heavy atom. The van der Waals surface area contributed by atoms with Crippen molar-refractivity contribution in [3.63, 3.8) is 0 Å². The lowest BCUT2D eigenvalue weighted by Gasteiger charge is -2.22. The summed E-state index contributed by atoms with van der Waals surface area (Å²) in [6, 6.07) is 2.08. The van der Waals surface area contributed by atoms with E-state index in [1.807, 2.05) is 5.38 Å². The smallest absolute Gasteiger partial charge is 0.250 e. The molecule has 2 heterocycles. The highest BCUT2D eigenvalue weighted by atomic mass is 32.1. The molecule has 0 radical (unpaired) electrons. The number of carbonyl (C=O) groups excluding carboxylic acids is 1. The lowest BCUT2D eigenvalue weighted by molar-refractivity contribution is -0.134. The highest BCUT2D eigenvalue weighted by Gasteiger charge is 2.20. The van der Waals surface area contributed by atoms with Crippen LogP contribution >= 0.6 is 11.3 Å². The molecule has 0 aliphatic carbocycles. The number of ether oxygens (including phenoxy) is 1. The number of carbonyl (C=O) groups is 1. The number of nitrogens with one attached hydrogen (secondary N) is 2. The fraction of sp³-hybridized carbons (Fsp3) is 0.545. The number of morpholine rings is 1. The zero-order valence-electron chi connectivity index (χ0n) is 9.07. The van der Waals surface area contributed by atoms with Gasteiger partial charge in [-0.15, -0.1) is 0 Å². The fourth-order valence-corrected chi connectivity index (χ4v) is 2.32. The zero-order chi connectivity index (χ0) is 11.2. The van der Waals surface area contributed by atoms with Gasteiger partial charge in [-0.2, -0.15) is 11.3 Å². The van der Waals surface area contributed by atoms with E-state index in [1.165, 1.54) is 5.56 Å². The number of thiophene rings is 1. The van der Waals surface area contributed by atoms with E-state index in [2.05, 4.69) is 22.1 Å². The molecule has 0 spiro atoms. The number of amides is 1. The summed E-state index contributed by atoms with van der Waals surface area (Å²) in [6.07, 6.45) is 0.561. The molecule has 0 aromatic carbocycles. The second kappa shape index (κ2) is 5.98. The van der Waals surface area contributed by atoms with Crippen molar-refractivity contribution in [2.45, 2.75) is 12.5 Å². The molecule has 16 heavy (non-hydrogen) atoms. The Kier molecular flexibility index (Phi) is 4.33. The molecule has 1 fully saturated rings. The lowest BCUT2D eigenvalue weighted by Crippen LogP contribution is -2.48. The Morgan fingerprint density at radius 3 is 3.31 bits per heavy atom. The van der Waals surface area contributed by atoms with Crippen molar-refractivity contribution in [2.24, 2.45) is 0 Å². The molecule has 2 rings (SSSR count). The third kappa shape index (κ3) is 3.30. The summed E-state index contributed by atoms with van der Waals surface area (Å²) < 4.78 is 5.36. The highest BCUT2D eigenvalue weighted by Crippen LogP contribution is 2.05. The molecule has 5 heteroatoms. The number of rotatable bonds is 4. The van der Waals surface area contributed by atoms with Crippen LogP contribution in [0.25, 0.3) is 0 Å². The average Bonchev–Trinajstić information content (AvgIpc) is 2.83. The monoisotopic (exact) mass is 240 g/mol. The second-order valence-electron chi connectivity index (χ2n) is 3.74. The van der Waals surface area contributed by atoms with E-state index in [0.29, 0.717) is 19.7 Å². The Balaban J connectivity index is 1.67. The molecule has 1 aromatic rings. The zero-order valence-corrected chi connectivity index (χ0v) is 9.89. The summed E-state index contributed by atoms with van der Waals surface area (Å²) in [7, 11) is 0. The summed E-state index contributed by atoms with van der Waals surface area (Å²) in [5.74, 6) is -0.0116. The van der Waals surface area contributed by atoms with Crippen molar-refractivity contribution in [3.8, 4) is 0 Å². The molecule has 1 saturated heterocycles.